The van der Waals surface area contributed by atoms with E-state index in [2.05, 4.69) is 31.2 Å². The van der Waals surface area contributed by atoms with Gasteiger partial charge in [0.25, 0.3) is 10.1 Å². The maximum Gasteiger partial charge on any atom is 0.265 e. The van der Waals surface area contributed by atoms with Gasteiger partial charge in [-0.25, -0.2) is 0 Å². The van der Waals surface area contributed by atoms with Gasteiger partial charge in [0.05, 0.1) is 5.75 Å². The lowest BCUT2D eigenvalue weighted by Gasteiger charge is -2.05. The first-order chi connectivity index (χ1) is 9.48. The first kappa shape index (κ1) is 14.8. The SMILES string of the molecule is CCc1ccc(-c2ccc(CCS(=O)(=O)O)cc2)cc1. The zero-order valence-electron chi connectivity index (χ0n) is 11.4. The lowest BCUT2D eigenvalue weighted by Crippen LogP contribution is -2.06. The van der Waals surface area contributed by atoms with Crippen LogP contribution in [0.25, 0.3) is 11.1 Å². The molecule has 0 aliphatic rings. The molecule has 0 radical (unpaired) electrons. The van der Waals surface area contributed by atoms with Crippen molar-refractivity contribution >= 4 is 10.1 Å². The predicted molar refractivity (Wildman–Crippen MR) is 81.4 cm³/mol. The van der Waals surface area contributed by atoms with E-state index >= 15 is 0 Å². The summed E-state index contributed by atoms with van der Waals surface area (Å²) < 4.78 is 30.2. The van der Waals surface area contributed by atoms with Gasteiger partial charge in [-0.3, -0.25) is 4.55 Å². The van der Waals surface area contributed by atoms with Gasteiger partial charge in [-0.2, -0.15) is 8.42 Å². The molecular formula is C16H18O3S. The van der Waals surface area contributed by atoms with Crippen LogP contribution in [0, 0.1) is 0 Å². The third-order valence-corrected chi connectivity index (χ3v) is 4.02. The summed E-state index contributed by atoms with van der Waals surface area (Å²) in [5.74, 6) is -0.239. The molecule has 0 aliphatic carbocycles. The smallest absolute Gasteiger partial charge is 0.265 e. The highest BCUT2D eigenvalue weighted by molar-refractivity contribution is 7.85. The van der Waals surface area contributed by atoms with Gasteiger partial charge in [-0.15, -0.1) is 0 Å². The van der Waals surface area contributed by atoms with E-state index in [-0.39, 0.29) is 5.75 Å². The summed E-state index contributed by atoms with van der Waals surface area (Å²) in [5, 5.41) is 0. The van der Waals surface area contributed by atoms with Crippen LogP contribution in [0.15, 0.2) is 48.5 Å². The van der Waals surface area contributed by atoms with Crippen molar-refractivity contribution in [1.29, 1.82) is 0 Å². The molecule has 0 aromatic heterocycles. The van der Waals surface area contributed by atoms with Crippen LogP contribution in [0.1, 0.15) is 18.1 Å². The van der Waals surface area contributed by atoms with Crippen LogP contribution in [0.4, 0.5) is 0 Å². The zero-order chi connectivity index (χ0) is 14.6. The number of aryl methyl sites for hydroxylation is 2. The highest BCUT2D eigenvalue weighted by atomic mass is 32.2. The van der Waals surface area contributed by atoms with Crippen LogP contribution in [0.5, 0.6) is 0 Å². The second-order valence-electron chi connectivity index (χ2n) is 4.78. The standard InChI is InChI=1S/C16H18O3S/c1-2-13-3-7-15(8-4-13)16-9-5-14(6-10-16)11-12-20(17,18)19/h3-10H,2,11-12H2,1H3,(H,17,18,19). The second kappa shape index (κ2) is 6.20. The van der Waals surface area contributed by atoms with Gasteiger partial charge in [0.2, 0.25) is 0 Å². The average Bonchev–Trinajstić information content (AvgIpc) is 2.45. The molecule has 0 fully saturated rings. The summed E-state index contributed by atoms with van der Waals surface area (Å²) in [6.07, 6.45) is 1.35. The summed E-state index contributed by atoms with van der Waals surface area (Å²) >= 11 is 0. The molecular weight excluding hydrogens is 272 g/mol. The average molecular weight is 290 g/mol. The predicted octanol–water partition coefficient (Wildman–Crippen LogP) is 3.35. The first-order valence-corrected chi connectivity index (χ1v) is 8.22. The normalized spacial score (nSPS) is 11.5. The lowest BCUT2D eigenvalue weighted by molar-refractivity contribution is 0.482. The van der Waals surface area contributed by atoms with Gasteiger partial charge in [-0.1, -0.05) is 55.5 Å². The molecule has 0 saturated carbocycles. The van der Waals surface area contributed by atoms with Crippen LogP contribution in [0.2, 0.25) is 0 Å². The fraction of sp³-hybridized carbons (Fsp3) is 0.250. The Kier molecular flexibility index (Phi) is 4.57. The van der Waals surface area contributed by atoms with E-state index in [0.717, 1.165) is 23.1 Å². The molecule has 0 bridgehead atoms. The van der Waals surface area contributed by atoms with Gasteiger partial charge < -0.3 is 0 Å². The molecule has 0 aliphatic heterocycles. The first-order valence-electron chi connectivity index (χ1n) is 6.61. The molecule has 0 unspecified atom stereocenters. The summed E-state index contributed by atoms with van der Waals surface area (Å²) in [4.78, 5) is 0. The Balaban J connectivity index is 2.10. The molecule has 20 heavy (non-hydrogen) atoms. The molecule has 0 spiro atoms. The van der Waals surface area contributed by atoms with Crippen LogP contribution in [-0.4, -0.2) is 18.7 Å². The van der Waals surface area contributed by atoms with Crippen molar-refractivity contribution in [1.82, 2.24) is 0 Å². The van der Waals surface area contributed by atoms with E-state index in [4.69, 9.17) is 4.55 Å². The molecule has 4 heteroatoms. The van der Waals surface area contributed by atoms with E-state index in [1.165, 1.54) is 5.56 Å². The molecule has 2 aromatic carbocycles. The Morgan fingerprint density at radius 2 is 1.30 bits per heavy atom. The Morgan fingerprint density at radius 1 is 0.850 bits per heavy atom. The van der Waals surface area contributed by atoms with Gasteiger partial charge in [-0.05, 0) is 35.1 Å². The summed E-state index contributed by atoms with van der Waals surface area (Å²) in [5.41, 5.74) is 4.45. The number of hydrogen-bond acceptors (Lipinski definition) is 2. The maximum absolute atomic E-state index is 10.7. The Labute approximate surface area is 120 Å². The van der Waals surface area contributed by atoms with Crippen LogP contribution >= 0.6 is 0 Å². The fourth-order valence-corrected chi connectivity index (χ4v) is 2.54. The third-order valence-electron chi connectivity index (χ3n) is 3.30. The van der Waals surface area contributed by atoms with Crippen molar-refractivity contribution in [3.05, 3.63) is 59.7 Å². The van der Waals surface area contributed by atoms with E-state index in [0.29, 0.717) is 6.42 Å². The minimum Gasteiger partial charge on any atom is -0.286 e. The van der Waals surface area contributed by atoms with E-state index < -0.39 is 10.1 Å². The number of benzene rings is 2. The number of hydrogen-bond donors (Lipinski definition) is 1. The monoisotopic (exact) mass is 290 g/mol. The largest absolute Gasteiger partial charge is 0.286 e. The van der Waals surface area contributed by atoms with E-state index in [9.17, 15) is 8.42 Å². The molecule has 106 valence electrons. The molecule has 2 rings (SSSR count). The van der Waals surface area contributed by atoms with Crippen LogP contribution in [0.3, 0.4) is 0 Å². The fourth-order valence-electron chi connectivity index (χ4n) is 2.04. The Bertz CT molecular complexity index is 656. The quantitative estimate of drug-likeness (QED) is 0.859. The Hall–Kier alpha value is -1.65. The molecule has 3 nitrogen and oxygen atoms in total. The summed E-state index contributed by atoms with van der Waals surface area (Å²) in [7, 11) is -3.89. The molecule has 0 saturated heterocycles. The van der Waals surface area contributed by atoms with Gasteiger partial charge in [0.15, 0.2) is 0 Å². The van der Waals surface area contributed by atoms with Gasteiger partial charge in [0, 0.05) is 0 Å². The van der Waals surface area contributed by atoms with Crippen molar-refractivity contribution in [2.24, 2.45) is 0 Å². The van der Waals surface area contributed by atoms with Crippen molar-refractivity contribution in [3.63, 3.8) is 0 Å². The van der Waals surface area contributed by atoms with Crippen LogP contribution < -0.4 is 0 Å². The van der Waals surface area contributed by atoms with Gasteiger partial charge >= 0.3 is 0 Å². The minimum absolute atomic E-state index is 0.239. The molecule has 0 atom stereocenters. The highest BCUT2D eigenvalue weighted by Gasteiger charge is 2.05. The van der Waals surface area contributed by atoms with Crippen molar-refractivity contribution in [3.8, 4) is 11.1 Å². The third kappa shape index (κ3) is 4.18. The second-order valence-corrected chi connectivity index (χ2v) is 6.36. The summed E-state index contributed by atoms with van der Waals surface area (Å²) in [6, 6.07) is 16.1. The lowest BCUT2D eigenvalue weighted by atomic mass is 10.0. The highest BCUT2D eigenvalue weighted by Crippen LogP contribution is 2.20. The van der Waals surface area contributed by atoms with Crippen molar-refractivity contribution in [2.75, 3.05) is 5.75 Å². The molecule has 0 amide bonds. The minimum atomic E-state index is -3.89. The zero-order valence-corrected chi connectivity index (χ0v) is 12.2. The maximum atomic E-state index is 10.7. The molecule has 0 heterocycles. The number of rotatable bonds is 5. The topological polar surface area (TPSA) is 54.4 Å². The summed E-state index contributed by atoms with van der Waals surface area (Å²) in [6.45, 7) is 2.12. The molecule has 1 N–H and O–H groups in total. The Morgan fingerprint density at radius 3 is 1.70 bits per heavy atom. The van der Waals surface area contributed by atoms with E-state index in [1.54, 1.807) is 0 Å². The van der Waals surface area contributed by atoms with Crippen LogP contribution in [-0.2, 0) is 23.0 Å². The van der Waals surface area contributed by atoms with E-state index in [1.807, 2.05) is 24.3 Å². The molecule has 2 aromatic rings. The van der Waals surface area contributed by atoms with Gasteiger partial charge in [0.1, 0.15) is 0 Å². The van der Waals surface area contributed by atoms with Crippen molar-refractivity contribution in [2.45, 2.75) is 19.8 Å². The van der Waals surface area contributed by atoms with Crippen molar-refractivity contribution < 1.29 is 13.0 Å².